The smallest absolute Gasteiger partial charge is 0.269 e. The molecule has 0 unspecified atom stereocenters. The minimum absolute atomic E-state index is 0.103. The van der Waals surface area contributed by atoms with Gasteiger partial charge in [0.15, 0.2) is 5.78 Å². The molecule has 0 radical (unpaired) electrons. The van der Waals surface area contributed by atoms with Crippen molar-refractivity contribution in [1.82, 2.24) is 0 Å². The Labute approximate surface area is 127 Å². The highest BCUT2D eigenvalue weighted by Gasteiger charge is 2.05. The van der Waals surface area contributed by atoms with Crippen LogP contribution in [0.15, 0.2) is 53.4 Å². The maximum absolute atomic E-state index is 11.5. The lowest BCUT2D eigenvalue weighted by molar-refractivity contribution is -0.384. The summed E-state index contributed by atoms with van der Waals surface area (Å²) in [5.74, 6) is 0.876. The van der Waals surface area contributed by atoms with Crippen molar-refractivity contribution >= 4 is 23.2 Å². The molecule has 0 bridgehead atoms. The summed E-state index contributed by atoms with van der Waals surface area (Å²) < 4.78 is 0. The van der Waals surface area contributed by atoms with Gasteiger partial charge >= 0.3 is 0 Å². The van der Waals surface area contributed by atoms with Gasteiger partial charge in [0, 0.05) is 34.8 Å². The first-order valence-corrected chi connectivity index (χ1v) is 7.58. The van der Waals surface area contributed by atoms with E-state index in [2.05, 4.69) is 0 Å². The van der Waals surface area contributed by atoms with Crippen LogP contribution in [0.25, 0.3) is 0 Å². The standard InChI is InChI=1S/C16H15NO3S/c1-2-16(18)13-5-9-15(10-6-13)21-11-12-3-7-14(8-4-12)17(19)20/h3-10H,2,11H2,1H3. The summed E-state index contributed by atoms with van der Waals surface area (Å²) in [6.07, 6.45) is 0.509. The first kappa shape index (κ1) is 15.3. The number of carbonyl (C=O) groups is 1. The van der Waals surface area contributed by atoms with Gasteiger partial charge in [-0.1, -0.05) is 31.2 Å². The van der Waals surface area contributed by atoms with Gasteiger partial charge in [-0.25, -0.2) is 0 Å². The quantitative estimate of drug-likeness (QED) is 0.341. The number of thioether (sulfide) groups is 1. The van der Waals surface area contributed by atoms with Crippen LogP contribution in [0.2, 0.25) is 0 Å². The minimum Gasteiger partial charge on any atom is -0.294 e. The molecule has 0 heterocycles. The molecular weight excluding hydrogens is 286 g/mol. The normalized spacial score (nSPS) is 10.3. The molecule has 0 atom stereocenters. The Morgan fingerprint density at radius 2 is 1.71 bits per heavy atom. The Balaban J connectivity index is 1.96. The third-order valence-corrected chi connectivity index (χ3v) is 4.13. The van der Waals surface area contributed by atoms with Crippen LogP contribution in [0.3, 0.4) is 0 Å². The molecule has 0 saturated heterocycles. The summed E-state index contributed by atoms with van der Waals surface area (Å²) in [5.41, 5.74) is 1.86. The lowest BCUT2D eigenvalue weighted by atomic mass is 10.1. The van der Waals surface area contributed by atoms with Crippen molar-refractivity contribution in [3.8, 4) is 0 Å². The number of non-ortho nitro benzene ring substituents is 1. The fourth-order valence-corrected chi connectivity index (χ4v) is 2.68. The fourth-order valence-electron chi connectivity index (χ4n) is 1.82. The lowest BCUT2D eigenvalue weighted by Gasteiger charge is -2.03. The Morgan fingerprint density at radius 1 is 1.10 bits per heavy atom. The highest BCUT2D eigenvalue weighted by molar-refractivity contribution is 7.98. The van der Waals surface area contributed by atoms with Gasteiger partial charge in [0.1, 0.15) is 0 Å². The predicted octanol–water partition coefficient (Wildman–Crippen LogP) is 4.48. The van der Waals surface area contributed by atoms with Crippen molar-refractivity contribution in [1.29, 1.82) is 0 Å². The first-order chi connectivity index (χ1) is 10.1. The van der Waals surface area contributed by atoms with Crippen molar-refractivity contribution < 1.29 is 9.72 Å². The molecule has 0 saturated carbocycles. The Hall–Kier alpha value is -2.14. The van der Waals surface area contributed by atoms with Gasteiger partial charge in [-0.05, 0) is 17.7 Å². The Kier molecular flexibility index (Phi) is 5.11. The molecule has 5 heteroatoms. The topological polar surface area (TPSA) is 60.2 Å². The van der Waals surface area contributed by atoms with Gasteiger partial charge in [0.25, 0.3) is 5.69 Å². The molecular formula is C16H15NO3S. The summed E-state index contributed by atoms with van der Waals surface area (Å²) >= 11 is 1.63. The molecule has 21 heavy (non-hydrogen) atoms. The van der Waals surface area contributed by atoms with Crippen molar-refractivity contribution in [3.63, 3.8) is 0 Å². The number of nitro benzene ring substituents is 1. The average Bonchev–Trinajstić information content (AvgIpc) is 2.53. The Bertz CT molecular complexity index is 636. The van der Waals surface area contributed by atoms with Crippen LogP contribution in [-0.4, -0.2) is 10.7 Å². The molecule has 4 nitrogen and oxygen atoms in total. The van der Waals surface area contributed by atoms with E-state index in [-0.39, 0.29) is 11.5 Å². The second kappa shape index (κ2) is 7.04. The van der Waals surface area contributed by atoms with Gasteiger partial charge in [0.2, 0.25) is 0 Å². The molecule has 2 rings (SSSR count). The van der Waals surface area contributed by atoms with E-state index in [1.165, 1.54) is 12.1 Å². The zero-order chi connectivity index (χ0) is 15.2. The third-order valence-electron chi connectivity index (χ3n) is 3.05. The van der Waals surface area contributed by atoms with E-state index in [4.69, 9.17) is 0 Å². The molecule has 2 aromatic rings. The summed E-state index contributed by atoms with van der Waals surface area (Å²) in [7, 11) is 0. The maximum Gasteiger partial charge on any atom is 0.269 e. The van der Waals surface area contributed by atoms with Crippen molar-refractivity contribution in [2.45, 2.75) is 24.0 Å². The molecule has 0 aliphatic carbocycles. The van der Waals surface area contributed by atoms with Crippen molar-refractivity contribution in [2.75, 3.05) is 0 Å². The van der Waals surface area contributed by atoms with Crippen LogP contribution in [0, 0.1) is 10.1 Å². The molecule has 0 amide bonds. The molecule has 0 aromatic heterocycles. The van der Waals surface area contributed by atoms with Gasteiger partial charge in [-0.3, -0.25) is 14.9 Å². The molecule has 0 aliphatic rings. The summed E-state index contributed by atoms with van der Waals surface area (Å²) in [5, 5.41) is 10.6. The van der Waals surface area contributed by atoms with Crippen molar-refractivity contribution in [2.24, 2.45) is 0 Å². The lowest BCUT2D eigenvalue weighted by Crippen LogP contribution is -1.95. The van der Waals surface area contributed by atoms with Crippen LogP contribution < -0.4 is 0 Å². The highest BCUT2D eigenvalue weighted by Crippen LogP contribution is 2.24. The van der Waals surface area contributed by atoms with Gasteiger partial charge in [-0.2, -0.15) is 0 Å². The number of carbonyl (C=O) groups excluding carboxylic acids is 1. The van der Waals surface area contributed by atoms with E-state index in [1.807, 2.05) is 31.2 Å². The molecule has 0 spiro atoms. The SMILES string of the molecule is CCC(=O)c1ccc(SCc2ccc([N+](=O)[O-])cc2)cc1. The number of Topliss-reactive ketones (excluding diaryl/α,β-unsaturated/α-hetero) is 1. The second-order valence-electron chi connectivity index (χ2n) is 4.51. The van der Waals surface area contributed by atoms with E-state index in [0.717, 1.165) is 21.8 Å². The van der Waals surface area contributed by atoms with E-state index < -0.39 is 4.92 Å². The largest absolute Gasteiger partial charge is 0.294 e. The molecule has 0 aliphatic heterocycles. The predicted molar refractivity (Wildman–Crippen MR) is 83.7 cm³/mol. The van der Waals surface area contributed by atoms with Crippen LogP contribution >= 0.6 is 11.8 Å². The van der Waals surface area contributed by atoms with E-state index in [1.54, 1.807) is 23.9 Å². The van der Waals surface area contributed by atoms with Crippen LogP contribution in [0.5, 0.6) is 0 Å². The zero-order valence-corrected chi connectivity index (χ0v) is 12.4. The van der Waals surface area contributed by atoms with Crippen LogP contribution in [0.4, 0.5) is 5.69 Å². The third kappa shape index (κ3) is 4.16. The summed E-state index contributed by atoms with van der Waals surface area (Å²) in [6, 6.07) is 14.1. The highest BCUT2D eigenvalue weighted by atomic mass is 32.2. The number of rotatable bonds is 6. The number of hydrogen-bond donors (Lipinski definition) is 0. The zero-order valence-electron chi connectivity index (χ0n) is 11.6. The number of nitro groups is 1. The van der Waals surface area contributed by atoms with Crippen LogP contribution in [-0.2, 0) is 5.75 Å². The van der Waals surface area contributed by atoms with Gasteiger partial charge in [0.05, 0.1) is 4.92 Å². The van der Waals surface area contributed by atoms with Gasteiger partial charge < -0.3 is 0 Å². The van der Waals surface area contributed by atoms with Crippen LogP contribution in [0.1, 0.15) is 29.3 Å². The number of ketones is 1. The average molecular weight is 301 g/mol. The number of benzene rings is 2. The number of nitrogens with zero attached hydrogens (tertiary/aromatic N) is 1. The van der Waals surface area contributed by atoms with E-state index >= 15 is 0 Å². The number of hydrogen-bond acceptors (Lipinski definition) is 4. The van der Waals surface area contributed by atoms with E-state index in [9.17, 15) is 14.9 Å². The molecule has 108 valence electrons. The molecule has 0 N–H and O–H groups in total. The monoisotopic (exact) mass is 301 g/mol. The minimum atomic E-state index is -0.402. The molecule has 2 aromatic carbocycles. The molecule has 0 fully saturated rings. The van der Waals surface area contributed by atoms with Gasteiger partial charge in [-0.15, -0.1) is 11.8 Å². The second-order valence-corrected chi connectivity index (χ2v) is 5.56. The summed E-state index contributed by atoms with van der Waals surface area (Å²) in [6.45, 7) is 1.85. The summed E-state index contributed by atoms with van der Waals surface area (Å²) in [4.78, 5) is 22.8. The van der Waals surface area contributed by atoms with E-state index in [0.29, 0.717) is 6.42 Å². The Morgan fingerprint density at radius 3 is 2.24 bits per heavy atom. The fraction of sp³-hybridized carbons (Fsp3) is 0.188. The van der Waals surface area contributed by atoms with Crippen molar-refractivity contribution in [3.05, 3.63) is 69.8 Å². The maximum atomic E-state index is 11.5. The first-order valence-electron chi connectivity index (χ1n) is 6.59.